The van der Waals surface area contributed by atoms with Crippen LogP contribution in [0.2, 0.25) is 10.0 Å². The molecule has 0 aliphatic rings. The molecule has 1 N–H and O–H groups in total. The van der Waals surface area contributed by atoms with Gasteiger partial charge in [-0.15, -0.1) is 0 Å². The Bertz CT molecular complexity index is 491. The topological polar surface area (TPSA) is 57.6 Å². The van der Waals surface area contributed by atoms with Crippen molar-refractivity contribution in [2.75, 3.05) is 6.54 Å². The number of carbonyl (C=O) groups is 2. The predicted molar refractivity (Wildman–Crippen MR) is 74.9 cm³/mol. The Morgan fingerprint density at radius 2 is 2.00 bits per heavy atom. The molecule has 0 aliphatic heterocycles. The minimum Gasteiger partial charge on any atom is -0.481 e. The summed E-state index contributed by atoms with van der Waals surface area (Å²) in [5, 5.41) is 9.28. The average molecular weight is 304 g/mol. The second kappa shape index (κ2) is 6.78. The van der Waals surface area contributed by atoms with Crippen molar-refractivity contribution in [3.05, 3.63) is 33.8 Å². The van der Waals surface area contributed by atoms with Crippen LogP contribution in [0.5, 0.6) is 0 Å². The van der Waals surface area contributed by atoms with Gasteiger partial charge in [-0.3, -0.25) is 9.59 Å². The highest BCUT2D eigenvalue weighted by Crippen LogP contribution is 2.27. The molecule has 1 rings (SSSR count). The van der Waals surface area contributed by atoms with Crippen LogP contribution in [0.15, 0.2) is 18.2 Å². The second-order valence-corrected chi connectivity index (χ2v) is 4.92. The van der Waals surface area contributed by atoms with Gasteiger partial charge in [-0.05, 0) is 26.0 Å². The third-order valence-electron chi connectivity index (χ3n) is 2.79. The van der Waals surface area contributed by atoms with Crippen LogP contribution in [0.25, 0.3) is 0 Å². The fourth-order valence-corrected chi connectivity index (χ4v) is 2.22. The highest BCUT2D eigenvalue weighted by atomic mass is 35.5. The molecule has 0 heterocycles. The third kappa shape index (κ3) is 3.85. The molecule has 0 fully saturated rings. The molecule has 1 amide bonds. The molecule has 0 spiro atoms. The zero-order valence-corrected chi connectivity index (χ0v) is 12.2. The molecule has 1 unspecified atom stereocenters. The minimum absolute atomic E-state index is 0.113. The van der Waals surface area contributed by atoms with Gasteiger partial charge in [0.15, 0.2) is 0 Å². The van der Waals surface area contributed by atoms with Crippen molar-refractivity contribution in [1.29, 1.82) is 0 Å². The van der Waals surface area contributed by atoms with Crippen molar-refractivity contribution < 1.29 is 14.7 Å². The van der Waals surface area contributed by atoms with Gasteiger partial charge in [0, 0.05) is 12.6 Å². The Kier molecular flexibility index (Phi) is 5.63. The number of rotatable bonds is 5. The van der Waals surface area contributed by atoms with E-state index in [0.29, 0.717) is 11.6 Å². The van der Waals surface area contributed by atoms with Gasteiger partial charge in [0.2, 0.25) is 0 Å². The van der Waals surface area contributed by atoms with Gasteiger partial charge in [-0.25, -0.2) is 0 Å². The first-order chi connectivity index (χ1) is 8.88. The number of aliphatic carboxylic acids is 1. The van der Waals surface area contributed by atoms with E-state index in [0.717, 1.165) is 0 Å². The summed E-state index contributed by atoms with van der Waals surface area (Å²) < 4.78 is 0. The molecule has 0 aliphatic carbocycles. The molecule has 19 heavy (non-hydrogen) atoms. The summed E-state index contributed by atoms with van der Waals surface area (Å²) in [4.78, 5) is 24.6. The zero-order chi connectivity index (χ0) is 14.6. The summed E-state index contributed by atoms with van der Waals surface area (Å²) in [5.74, 6) is -1.26. The van der Waals surface area contributed by atoms with Crippen LogP contribution >= 0.6 is 23.2 Å². The Hall–Kier alpha value is -1.26. The number of carboxylic acids is 1. The van der Waals surface area contributed by atoms with Gasteiger partial charge in [0.05, 0.1) is 22.0 Å². The fraction of sp³-hybridized carbons (Fsp3) is 0.385. The van der Waals surface area contributed by atoms with E-state index in [2.05, 4.69) is 0 Å². The van der Waals surface area contributed by atoms with Gasteiger partial charge in [-0.2, -0.15) is 0 Å². The molecule has 0 saturated heterocycles. The number of hydrogen-bond acceptors (Lipinski definition) is 2. The lowest BCUT2D eigenvalue weighted by Gasteiger charge is -2.27. The van der Waals surface area contributed by atoms with Crippen molar-refractivity contribution in [1.82, 2.24) is 4.90 Å². The van der Waals surface area contributed by atoms with Crippen molar-refractivity contribution in [2.24, 2.45) is 0 Å². The smallest absolute Gasteiger partial charge is 0.305 e. The lowest BCUT2D eigenvalue weighted by molar-refractivity contribution is -0.138. The van der Waals surface area contributed by atoms with Crippen LogP contribution in [-0.2, 0) is 4.79 Å². The van der Waals surface area contributed by atoms with Crippen molar-refractivity contribution in [3.63, 3.8) is 0 Å². The maximum Gasteiger partial charge on any atom is 0.305 e. The third-order valence-corrected chi connectivity index (χ3v) is 3.60. The van der Waals surface area contributed by atoms with E-state index in [9.17, 15) is 9.59 Å². The number of benzene rings is 1. The van der Waals surface area contributed by atoms with Gasteiger partial charge < -0.3 is 10.0 Å². The van der Waals surface area contributed by atoms with E-state index >= 15 is 0 Å². The molecule has 6 heteroatoms. The van der Waals surface area contributed by atoms with Crippen LogP contribution in [0.3, 0.4) is 0 Å². The largest absolute Gasteiger partial charge is 0.481 e. The highest BCUT2D eigenvalue weighted by molar-refractivity contribution is 6.43. The van der Waals surface area contributed by atoms with E-state index in [4.69, 9.17) is 28.3 Å². The standard InChI is InChI=1S/C13H15Cl2NO3/c1-3-16(8(2)7-11(17)18)13(19)9-5-4-6-10(14)12(9)15/h4-6,8H,3,7H2,1-2H3,(H,17,18). The number of halogens is 2. The number of carboxylic acid groups (broad SMARTS) is 1. The number of nitrogens with zero attached hydrogens (tertiary/aromatic N) is 1. The minimum atomic E-state index is -0.948. The number of hydrogen-bond donors (Lipinski definition) is 1. The molecular weight excluding hydrogens is 289 g/mol. The van der Waals surface area contributed by atoms with Crippen LogP contribution in [0.1, 0.15) is 30.6 Å². The molecule has 0 radical (unpaired) electrons. The summed E-state index contributed by atoms with van der Waals surface area (Å²) in [5.41, 5.74) is 0.285. The summed E-state index contributed by atoms with van der Waals surface area (Å²) >= 11 is 11.9. The van der Waals surface area contributed by atoms with Gasteiger partial charge in [0.25, 0.3) is 5.91 Å². The van der Waals surface area contributed by atoms with Crippen LogP contribution in [0, 0.1) is 0 Å². The Morgan fingerprint density at radius 3 is 2.53 bits per heavy atom. The summed E-state index contributed by atoms with van der Waals surface area (Å²) in [7, 11) is 0. The van der Waals surface area contributed by atoms with Gasteiger partial charge in [-0.1, -0.05) is 29.3 Å². The lowest BCUT2D eigenvalue weighted by Crippen LogP contribution is -2.39. The molecule has 1 aromatic carbocycles. The van der Waals surface area contributed by atoms with Crippen molar-refractivity contribution in [3.8, 4) is 0 Å². The van der Waals surface area contributed by atoms with Crippen molar-refractivity contribution in [2.45, 2.75) is 26.3 Å². The van der Waals surface area contributed by atoms with E-state index in [1.54, 1.807) is 32.0 Å². The SMILES string of the molecule is CCN(C(=O)c1cccc(Cl)c1Cl)C(C)CC(=O)O. The molecule has 104 valence electrons. The monoisotopic (exact) mass is 303 g/mol. The molecule has 1 atom stereocenters. The van der Waals surface area contributed by atoms with E-state index in [1.807, 2.05) is 0 Å². The summed E-state index contributed by atoms with van der Waals surface area (Å²) in [6, 6.07) is 4.40. The normalized spacial score (nSPS) is 12.0. The zero-order valence-electron chi connectivity index (χ0n) is 10.7. The molecular formula is C13H15Cl2NO3. The van der Waals surface area contributed by atoms with Crippen LogP contribution < -0.4 is 0 Å². The van der Waals surface area contributed by atoms with E-state index in [-0.39, 0.29) is 22.9 Å². The van der Waals surface area contributed by atoms with Crippen LogP contribution in [-0.4, -0.2) is 34.5 Å². The average Bonchev–Trinajstić information content (AvgIpc) is 2.32. The quantitative estimate of drug-likeness (QED) is 0.908. The maximum absolute atomic E-state index is 12.4. The lowest BCUT2D eigenvalue weighted by atomic mass is 10.1. The number of amides is 1. The first-order valence-corrected chi connectivity index (χ1v) is 6.60. The Morgan fingerprint density at radius 1 is 1.37 bits per heavy atom. The maximum atomic E-state index is 12.4. The Balaban J connectivity index is 3.02. The number of carbonyl (C=O) groups excluding carboxylic acids is 1. The van der Waals surface area contributed by atoms with Crippen LogP contribution in [0.4, 0.5) is 0 Å². The van der Waals surface area contributed by atoms with Crippen molar-refractivity contribution >= 4 is 35.1 Å². The molecule has 0 saturated carbocycles. The fourth-order valence-electron chi connectivity index (χ4n) is 1.84. The Labute approximate surface area is 121 Å². The summed E-state index contributed by atoms with van der Waals surface area (Å²) in [6.07, 6.45) is -0.113. The first kappa shape index (κ1) is 15.8. The van der Waals surface area contributed by atoms with Gasteiger partial charge >= 0.3 is 5.97 Å². The van der Waals surface area contributed by atoms with Gasteiger partial charge in [0.1, 0.15) is 0 Å². The molecule has 0 bridgehead atoms. The first-order valence-electron chi connectivity index (χ1n) is 5.85. The molecule has 0 aromatic heterocycles. The molecule has 4 nitrogen and oxygen atoms in total. The highest BCUT2D eigenvalue weighted by Gasteiger charge is 2.24. The van der Waals surface area contributed by atoms with E-state index < -0.39 is 12.0 Å². The second-order valence-electron chi connectivity index (χ2n) is 4.14. The summed E-state index contributed by atoms with van der Waals surface area (Å²) in [6.45, 7) is 3.87. The molecule has 1 aromatic rings. The predicted octanol–water partition coefficient (Wildman–Crippen LogP) is 3.32. The van der Waals surface area contributed by atoms with E-state index in [1.165, 1.54) is 4.90 Å².